The van der Waals surface area contributed by atoms with Crippen LogP contribution in [0.3, 0.4) is 0 Å². The van der Waals surface area contributed by atoms with E-state index in [1.54, 1.807) is 7.11 Å². The Morgan fingerprint density at radius 2 is 2.19 bits per heavy atom. The highest BCUT2D eigenvalue weighted by atomic mass is 35.5. The Bertz CT molecular complexity index is 608. The minimum absolute atomic E-state index is 0.612. The van der Waals surface area contributed by atoms with E-state index >= 15 is 0 Å². The molecule has 1 aliphatic heterocycles. The molecule has 1 aromatic heterocycles. The molecule has 21 heavy (non-hydrogen) atoms. The Morgan fingerprint density at radius 3 is 2.90 bits per heavy atom. The molecule has 0 N–H and O–H groups in total. The maximum absolute atomic E-state index is 5.96. The van der Waals surface area contributed by atoms with Crippen LogP contribution in [-0.4, -0.2) is 34.0 Å². The van der Waals surface area contributed by atoms with Crippen molar-refractivity contribution in [3.63, 3.8) is 0 Å². The number of nitrogens with zero attached hydrogens (tertiary/aromatic N) is 2. The van der Waals surface area contributed by atoms with Crippen LogP contribution < -0.4 is 4.74 Å². The Labute approximate surface area is 135 Å². The monoisotopic (exact) mass is 324 g/mol. The topological polar surface area (TPSA) is 27.1 Å². The van der Waals surface area contributed by atoms with Crippen LogP contribution in [0.2, 0.25) is 0 Å². The SMILES string of the molecule is COc1ccc2c(c1)nc(CCCl)n2CC1CCSCC1. The minimum Gasteiger partial charge on any atom is -0.497 e. The third kappa shape index (κ3) is 3.32. The van der Waals surface area contributed by atoms with E-state index in [1.165, 1.54) is 29.9 Å². The highest BCUT2D eigenvalue weighted by Crippen LogP contribution is 2.28. The summed E-state index contributed by atoms with van der Waals surface area (Å²) in [5.41, 5.74) is 2.22. The third-order valence-corrected chi connectivity index (χ3v) is 5.37. The van der Waals surface area contributed by atoms with Gasteiger partial charge in [-0.15, -0.1) is 11.6 Å². The molecule has 1 saturated heterocycles. The van der Waals surface area contributed by atoms with Gasteiger partial charge in [-0.3, -0.25) is 0 Å². The van der Waals surface area contributed by atoms with Crippen molar-refractivity contribution in [1.82, 2.24) is 9.55 Å². The molecule has 0 atom stereocenters. The molecular formula is C16H21ClN2OS. The molecule has 0 aliphatic carbocycles. The molecule has 0 spiro atoms. The van der Waals surface area contributed by atoms with Gasteiger partial charge in [0.2, 0.25) is 0 Å². The van der Waals surface area contributed by atoms with Gasteiger partial charge in [0.05, 0.1) is 18.1 Å². The third-order valence-electron chi connectivity index (χ3n) is 4.13. The predicted octanol–water partition coefficient (Wildman–Crippen LogP) is 3.97. The van der Waals surface area contributed by atoms with Crippen LogP contribution in [0.15, 0.2) is 18.2 Å². The number of alkyl halides is 1. The van der Waals surface area contributed by atoms with E-state index in [4.69, 9.17) is 21.3 Å². The number of aryl methyl sites for hydroxylation is 1. The molecule has 5 heteroatoms. The Hall–Kier alpha value is -0.870. The summed E-state index contributed by atoms with van der Waals surface area (Å²) >= 11 is 8.03. The van der Waals surface area contributed by atoms with Crippen LogP contribution in [0.4, 0.5) is 0 Å². The number of ether oxygens (including phenoxy) is 1. The van der Waals surface area contributed by atoms with Gasteiger partial charge in [-0.2, -0.15) is 11.8 Å². The van der Waals surface area contributed by atoms with Crippen molar-refractivity contribution in [3.8, 4) is 5.75 Å². The lowest BCUT2D eigenvalue weighted by Crippen LogP contribution is -2.18. The number of aromatic nitrogens is 2. The highest BCUT2D eigenvalue weighted by Gasteiger charge is 2.18. The zero-order chi connectivity index (χ0) is 14.7. The first-order valence-electron chi connectivity index (χ1n) is 7.48. The van der Waals surface area contributed by atoms with E-state index in [9.17, 15) is 0 Å². The number of fused-ring (bicyclic) bond motifs is 1. The molecule has 0 saturated carbocycles. The van der Waals surface area contributed by atoms with Crippen molar-refractivity contribution < 1.29 is 4.74 Å². The van der Waals surface area contributed by atoms with Gasteiger partial charge in [0.25, 0.3) is 0 Å². The quantitative estimate of drug-likeness (QED) is 0.779. The number of benzene rings is 1. The van der Waals surface area contributed by atoms with E-state index < -0.39 is 0 Å². The van der Waals surface area contributed by atoms with Crippen LogP contribution in [0.1, 0.15) is 18.7 Å². The van der Waals surface area contributed by atoms with Crippen LogP contribution in [-0.2, 0) is 13.0 Å². The average Bonchev–Trinajstić information content (AvgIpc) is 2.85. The number of imidazole rings is 1. The van der Waals surface area contributed by atoms with Gasteiger partial charge >= 0.3 is 0 Å². The molecular weight excluding hydrogens is 304 g/mol. The maximum atomic E-state index is 5.96. The summed E-state index contributed by atoms with van der Waals surface area (Å²) < 4.78 is 7.68. The van der Waals surface area contributed by atoms with Crippen LogP contribution in [0, 0.1) is 5.92 Å². The van der Waals surface area contributed by atoms with Crippen LogP contribution in [0.5, 0.6) is 5.75 Å². The molecule has 3 rings (SSSR count). The number of thioether (sulfide) groups is 1. The van der Waals surface area contributed by atoms with Crippen molar-refractivity contribution >= 4 is 34.4 Å². The molecule has 0 amide bonds. The van der Waals surface area contributed by atoms with Gasteiger partial charge in [0.1, 0.15) is 11.6 Å². The first kappa shape index (κ1) is 15.0. The van der Waals surface area contributed by atoms with Crippen molar-refractivity contribution in [1.29, 1.82) is 0 Å². The van der Waals surface area contributed by atoms with Crippen molar-refractivity contribution in [2.75, 3.05) is 24.5 Å². The summed E-state index contributed by atoms with van der Waals surface area (Å²) in [6.07, 6.45) is 3.43. The molecule has 3 nitrogen and oxygen atoms in total. The first-order valence-corrected chi connectivity index (χ1v) is 9.17. The Balaban J connectivity index is 1.94. The molecule has 1 fully saturated rings. The average molecular weight is 325 g/mol. The second-order valence-corrected chi connectivity index (χ2v) is 7.09. The maximum Gasteiger partial charge on any atom is 0.121 e. The first-order chi connectivity index (χ1) is 10.3. The van der Waals surface area contributed by atoms with Crippen molar-refractivity contribution in [3.05, 3.63) is 24.0 Å². The van der Waals surface area contributed by atoms with E-state index in [2.05, 4.69) is 22.4 Å². The second-order valence-electron chi connectivity index (χ2n) is 5.49. The smallest absolute Gasteiger partial charge is 0.121 e. The standard InChI is InChI=1S/C16H21ClN2OS/c1-20-13-2-3-15-14(10-13)18-16(4-7-17)19(15)11-12-5-8-21-9-6-12/h2-3,10,12H,4-9,11H2,1H3. The number of hydrogen-bond donors (Lipinski definition) is 0. The summed E-state index contributed by atoms with van der Waals surface area (Å²) in [5.74, 6) is 5.91. The Morgan fingerprint density at radius 1 is 1.38 bits per heavy atom. The van der Waals surface area contributed by atoms with Gasteiger partial charge in [0, 0.05) is 24.9 Å². The summed E-state index contributed by atoms with van der Waals surface area (Å²) in [7, 11) is 1.69. The lowest BCUT2D eigenvalue weighted by atomic mass is 10.0. The summed E-state index contributed by atoms with van der Waals surface area (Å²) in [4.78, 5) is 4.77. The van der Waals surface area contributed by atoms with Gasteiger partial charge in [-0.05, 0) is 42.4 Å². The van der Waals surface area contributed by atoms with Crippen molar-refractivity contribution in [2.45, 2.75) is 25.8 Å². The van der Waals surface area contributed by atoms with E-state index in [-0.39, 0.29) is 0 Å². The summed E-state index contributed by atoms with van der Waals surface area (Å²) in [6.45, 7) is 1.07. The Kier molecular flexibility index (Phi) is 4.96. The molecule has 0 bridgehead atoms. The molecule has 1 aliphatic rings. The fourth-order valence-corrected chi connectivity index (χ4v) is 4.33. The molecule has 0 radical (unpaired) electrons. The highest BCUT2D eigenvalue weighted by molar-refractivity contribution is 7.99. The van der Waals surface area contributed by atoms with Gasteiger partial charge < -0.3 is 9.30 Å². The van der Waals surface area contributed by atoms with Gasteiger partial charge in [-0.1, -0.05) is 0 Å². The zero-order valence-corrected chi connectivity index (χ0v) is 13.9. The second kappa shape index (κ2) is 6.93. The zero-order valence-electron chi connectivity index (χ0n) is 12.3. The van der Waals surface area contributed by atoms with Crippen LogP contribution >= 0.6 is 23.4 Å². The van der Waals surface area contributed by atoms with Crippen LogP contribution in [0.25, 0.3) is 11.0 Å². The predicted molar refractivity (Wildman–Crippen MR) is 90.8 cm³/mol. The number of halogens is 1. The van der Waals surface area contributed by atoms with Gasteiger partial charge in [0.15, 0.2) is 0 Å². The number of hydrogen-bond acceptors (Lipinski definition) is 3. The van der Waals surface area contributed by atoms with Crippen molar-refractivity contribution in [2.24, 2.45) is 5.92 Å². The fourth-order valence-electron chi connectivity index (χ4n) is 2.95. The summed E-state index contributed by atoms with van der Waals surface area (Å²) in [5, 5.41) is 0. The number of methoxy groups -OCH3 is 1. The largest absolute Gasteiger partial charge is 0.497 e. The molecule has 114 valence electrons. The summed E-state index contributed by atoms with van der Waals surface area (Å²) in [6, 6.07) is 6.15. The van der Waals surface area contributed by atoms with E-state index in [0.29, 0.717) is 5.88 Å². The minimum atomic E-state index is 0.612. The van der Waals surface area contributed by atoms with E-state index in [1.807, 2.05) is 12.1 Å². The fraction of sp³-hybridized carbons (Fsp3) is 0.562. The lowest BCUT2D eigenvalue weighted by Gasteiger charge is -2.23. The molecule has 0 unspecified atom stereocenters. The number of rotatable bonds is 5. The van der Waals surface area contributed by atoms with Gasteiger partial charge in [-0.25, -0.2) is 4.98 Å². The molecule has 1 aromatic carbocycles. The van der Waals surface area contributed by atoms with E-state index in [0.717, 1.165) is 36.0 Å². The molecule has 2 heterocycles. The lowest BCUT2D eigenvalue weighted by molar-refractivity contribution is 0.414. The normalized spacial score (nSPS) is 16.5. The molecule has 2 aromatic rings.